The molecule has 0 bridgehead atoms. The molecule has 4 saturated heterocycles. The Morgan fingerprint density at radius 1 is 1.02 bits per heavy atom. The summed E-state index contributed by atoms with van der Waals surface area (Å²) >= 11 is 0. The van der Waals surface area contributed by atoms with E-state index in [1.807, 2.05) is 0 Å². The number of rotatable bonds is 6. The zero-order valence-corrected chi connectivity index (χ0v) is 24.4. The number of hydrogen-bond acceptors (Lipinski definition) is 7. The van der Waals surface area contributed by atoms with Gasteiger partial charge in [-0.25, -0.2) is 13.2 Å². The summed E-state index contributed by atoms with van der Waals surface area (Å²) in [5, 5.41) is 19.8. The Morgan fingerprint density at radius 2 is 1.68 bits per heavy atom. The fraction of sp³-hybridized carbons (Fsp3) is 0.548. The first-order valence-corrected chi connectivity index (χ1v) is 16.7. The Bertz CT molecular complexity index is 1390. The van der Waals surface area contributed by atoms with Gasteiger partial charge in [-0.15, -0.1) is 0 Å². The minimum Gasteiger partial charge on any atom is -0.478 e. The number of nitrogens with zero attached hydrogens (tertiary/aromatic N) is 1. The molecule has 10 heteroatoms. The van der Waals surface area contributed by atoms with Crippen molar-refractivity contribution in [2.75, 3.05) is 25.9 Å². The molecule has 6 rings (SSSR count). The van der Waals surface area contributed by atoms with Crippen LogP contribution in [0.5, 0.6) is 0 Å². The molecular formula is C31H40N4O5S. The first-order chi connectivity index (χ1) is 19.6. The monoisotopic (exact) mass is 580 g/mol. The maximum absolute atomic E-state index is 13.2. The number of benzene rings is 2. The molecule has 4 fully saturated rings. The van der Waals surface area contributed by atoms with Crippen LogP contribution in [0.4, 0.5) is 0 Å². The number of amides is 1. The molecule has 4 N–H and O–H groups in total. The van der Waals surface area contributed by atoms with Crippen LogP contribution in [0.15, 0.2) is 48.5 Å². The van der Waals surface area contributed by atoms with Crippen LogP contribution in [0.2, 0.25) is 0 Å². The van der Waals surface area contributed by atoms with Gasteiger partial charge in [0.1, 0.15) is 9.84 Å². The molecule has 41 heavy (non-hydrogen) atoms. The first kappa shape index (κ1) is 28.3. The van der Waals surface area contributed by atoms with Crippen LogP contribution in [0.3, 0.4) is 0 Å². The van der Waals surface area contributed by atoms with Crippen LogP contribution in [-0.2, 0) is 21.2 Å². The van der Waals surface area contributed by atoms with Crippen molar-refractivity contribution in [2.24, 2.45) is 17.8 Å². The fourth-order valence-corrected chi connectivity index (χ4v) is 8.93. The second-order valence-electron chi connectivity index (χ2n) is 12.5. The van der Waals surface area contributed by atoms with E-state index in [0.29, 0.717) is 24.7 Å². The van der Waals surface area contributed by atoms with Gasteiger partial charge in [-0.3, -0.25) is 20.3 Å². The maximum atomic E-state index is 13.2. The number of carbonyl (C=O) groups excluding carboxylic acids is 1. The number of carboxylic acid groups (broad SMARTS) is 1. The summed E-state index contributed by atoms with van der Waals surface area (Å²) in [6.45, 7) is 5.34. The normalized spacial score (nSPS) is 32.6. The van der Waals surface area contributed by atoms with Crippen molar-refractivity contribution in [1.29, 1.82) is 0 Å². The van der Waals surface area contributed by atoms with Crippen molar-refractivity contribution in [3.63, 3.8) is 0 Å². The van der Waals surface area contributed by atoms with E-state index in [1.165, 1.54) is 17.4 Å². The third-order valence-corrected chi connectivity index (χ3v) is 11.7. The average molecular weight is 581 g/mol. The Morgan fingerprint density at radius 3 is 2.32 bits per heavy atom. The maximum Gasteiger partial charge on any atom is 0.335 e. The molecule has 2 aromatic carbocycles. The van der Waals surface area contributed by atoms with Gasteiger partial charge in [0.25, 0.3) is 0 Å². The lowest BCUT2D eigenvalue weighted by molar-refractivity contribution is -0.130. The van der Waals surface area contributed by atoms with Crippen LogP contribution >= 0.6 is 0 Å². The second-order valence-corrected chi connectivity index (χ2v) is 14.8. The van der Waals surface area contributed by atoms with Crippen LogP contribution in [-0.4, -0.2) is 73.6 Å². The highest BCUT2D eigenvalue weighted by Crippen LogP contribution is 2.47. The standard InChI is InChI=1S/C31H40N4O5S/c1-18-27(21-7-9-22(10-8-21)31(37)38)30(36)34-26-16-32-29-24(28(18)26)15-25(33-29)20-5-3-19(4-6-20)17-35-13-11-23(12-14-35)41(2,39)40/h3-10,18,23-29,32-33H,11-17H2,1-2H3,(H,34,36)(H,37,38). The van der Waals surface area contributed by atoms with Gasteiger partial charge >= 0.3 is 5.97 Å². The van der Waals surface area contributed by atoms with E-state index >= 15 is 0 Å². The van der Waals surface area contributed by atoms with Crippen LogP contribution in [0.1, 0.15) is 65.2 Å². The summed E-state index contributed by atoms with van der Waals surface area (Å²) in [4.78, 5) is 26.8. The lowest BCUT2D eigenvalue weighted by atomic mass is 9.64. The van der Waals surface area contributed by atoms with E-state index in [1.54, 1.807) is 24.3 Å². The fourth-order valence-electron chi connectivity index (χ4n) is 7.86. The Hall–Kier alpha value is -2.79. The molecule has 7 unspecified atom stereocenters. The number of carboxylic acids is 1. The summed E-state index contributed by atoms with van der Waals surface area (Å²) in [6.07, 6.45) is 3.90. The topological polar surface area (TPSA) is 128 Å². The lowest BCUT2D eigenvalue weighted by Crippen LogP contribution is -2.65. The van der Waals surface area contributed by atoms with Crippen molar-refractivity contribution in [3.05, 3.63) is 70.8 Å². The Kier molecular flexibility index (Phi) is 7.69. The molecule has 0 saturated carbocycles. The highest BCUT2D eigenvalue weighted by molar-refractivity contribution is 7.91. The largest absolute Gasteiger partial charge is 0.478 e. The summed E-state index contributed by atoms with van der Waals surface area (Å²) in [7, 11) is -2.96. The number of piperidine rings is 3. The molecule has 220 valence electrons. The minimum atomic E-state index is -2.96. The predicted octanol–water partition coefficient (Wildman–Crippen LogP) is 2.51. The summed E-state index contributed by atoms with van der Waals surface area (Å²) in [5.74, 6) is -0.488. The third kappa shape index (κ3) is 5.67. The molecule has 2 aromatic rings. The minimum absolute atomic E-state index is 0.0146. The molecular weight excluding hydrogens is 540 g/mol. The van der Waals surface area contributed by atoms with Crippen molar-refractivity contribution < 1.29 is 23.1 Å². The Labute approximate surface area is 242 Å². The SMILES string of the molecule is CC1C(c2ccc(C(=O)O)cc2)C(=O)NC2CNC3NC(c4ccc(CN5CCC(S(C)(=O)=O)CC5)cc4)CC3C21. The highest BCUT2D eigenvalue weighted by atomic mass is 32.2. The van der Waals surface area contributed by atoms with Gasteiger partial charge in [0.05, 0.1) is 22.9 Å². The summed E-state index contributed by atoms with van der Waals surface area (Å²) < 4.78 is 23.7. The van der Waals surface area contributed by atoms with Crippen LogP contribution in [0, 0.1) is 17.8 Å². The summed E-state index contributed by atoms with van der Waals surface area (Å²) in [5.41, 5.74) is 3.58. The van der Waals surface area contributed by atoms with Gasteiger partial charge in [0.2, 0.25) is 5.91 Å². The number of carbonyl (C=O) groups is 2. The first-order valence-electron chi connectivity index (χ1n) is 14.7. The van der Waals surface area contributed by atoms with Crippen molar-refractivity contribution >= 4 is 21.7 Å². The molecule has 4 heterocycles. The number of nitrogens with one attached hydrogen (secondary N) is 3. The van der Waals surface area contributed by atoms with Gasteiger partial charge in [-0.2, -0.15) is 0 Å². The number of hydrogen-bond donors (Lipinski definition) is 4. The third-order valence-electron chi connectivity index (χ3n) is 10.0. The molecule has 0 radical (unpaired) electrons. The van der Waals surface area contributed by atoms with Gasteiger partial charge < -0.3 is 10.4 Å². The van der Waals surface area contributed by atoms with Crippen LogP contribution in [0.25, 0.3) is 0 Å². The van der Waals surface area contributed by atoms with Gasteiger partial charge in [0, 0.05) is 31.4 Å². The molecule has 9 nitrogen and oxygen atoms in total. The highest BCUT2D eigenvalue weighted by Gasteiger charge is 2.52. The molecule has 4 aliphatic heterocycles. The molecule has 4 aliphatic rings. The number of sulfone groups is 1. The van der Waals surface area contributed by atoms with Crippen molar-refractivity contribution in [3.8, 4) is 0 Å². The average Bonchev–Trinajstić information content (AvgIpc) is 3.38. The predicted molar refractivity (Wildman–Crippen MR) is 156 cm³/mol. The van der Waals surface area contributed by atoms with E-state index in [0.717, 1.165) is 38.2 Å². The molecule has 0 aromatic heterocycles. The Balaban J connectivity index is 1.11. The van der Waals surface area contributed by atoms with E-state index in [9.17, 15) is 23.1 Å². The van der Waals surface area contributed by atoms with Crippen molar-refractivity contribution in [2.45, 2.75) is 62.1 Å². The van der Waals surface area contributed by atoms with Gasteiger partial charge in [-0.05, 0) is 78.9 Å². The smallest absolute Gasteiger partial charge is 0.335 e. The van der Waals surface area contributed by atoms with Gasteiger partial charge in [0.15, 0.2) is 0 Å². The number of likely N-dealkylation sites (tertiary alicyclic amines) is 1. The molecule has 7 atom stereocenters. The second kappa shape index (κ2) is 11.1. The van der Waals surface area contributed by atoms with E-state index in [4.69, 9.17) is 0 Å². The van der Waals surface area contributed by atoms with E-state index < -0.39 is 15.8 Å². The quantitative estimate of drug-likeness (QED) is 0.411. The van der Waals surface area contributed by atoms with E-state index in [2.05, 4.69) is 52.0 Å². The lowest BCUT2D eigenvalue weighted by Gasteiger charge is -2.49. The number of aromatic carboxylic acids is 1. The number of fused-ring (bicyclic) bond motifs is 3. The van der Waals surface area contributed by atoms with Crippen LogP contribution < -0.4 is 16.0 Å². The van der Waals surface area contributed by atoms with Gasteiger partial charge in [-0.1, -0.05) is 43.3 Å². The zero-order chi connectivity index (χ0) is 28.9. The molecule has 1 amide bonds. The van der Waals surface area contributed by atoms with Crippen molar-refractivity contribution in [1.82, 2.24) is 20.9 Å². The van der Waals surface area contributed by atoms with E-state index in [-0.39, 0.29) is 46.8 Å². The molecule has 0 aliphatic carbocycles. The zero-order valence-electron chi connectivity index (χ0n) is 23.6. The summed E-state index contributed by atoms with van der Waals surface area (Å²) in [6, 6.07) is 15.8. The molecule has 0 spiro atoms.